The summed E-state index contributed by atoms with van der Waals surface area (Å²) in [6.45, 7) is 5.87. The lowest BCUT2D eigenvalue weighted by Gasteiger charge is -2.12. The van der Waals surface area contributed by atoms with Gasteiger partial charge in [0.2, 0.25) is 0 Å². The van der Waals surface area contributed by atoms with Gasteiger partial charge in [0.25, 0.3) is 0 Å². The number of hydrogen-bond donors (Lipinski definition) is 1. The molecule has 0 aliphatic rings. The molecule has 0 aliphatic carbocycles. The molecule has 0 saturated carbocycles. The first-order valence-corrected chi connectivity index (χ1v) is 14.9. The number of hydrogen-bond acceptors (Lipinski definition) is 3. The highest BCUT2D eigenvalue weighted by atomic mass is 16.5. The van der Waals surface area contributed by atoms with Gasteiger partial charge in [0.05, 0.1) is 18.8 Å². The number of carboxylic acid groups (broad SMARTS) is 1. The number of benzene rings is 2. The van der Waals surface area contributed by atoms with Gasteiger partial charge in [-0.3, -0.25) is 0 Å². The van der Waals surface area contributed by atoms with Gasteiger partial charge in [0.1, 0.15) is 11.5 Å². The normalized spacial score (nSPS) is 11.0. The Bertz CT molecular complexity index is 859. The smallest absolute Gasteiger partial charge is 0.336 e. The van der Waals surface area contributed by atoms with E-state index in [1.165, 1.54) is 89.9 Å². The van der Waals surface area contributed by atoms with Gasteiger partial charge in [-0.2, -0.15) is 0 Å². The summed E-state index contributed by atoms with van der Waals surface area (Å²) < 4.78 is 11.9. The van der Waals surface area contributed by atoms with E-state index in [0.29, 0.717) is 12.2 Å². The highest BCUT2D eigenvalue weighted by Gasteiger charge is 2.13. The van der Waals surface area contributed by atoms with Gasteiger partial charge in [-0.05, 0) is 54.3 Å². The SMILES string of the molecule is CCCCCCCCCCOc1ccc(-c2cc(OCCCCCCCCCC)ccc2C(=O)O)cc1. The zero-order chi connectivity index (χ0) is 26.6. The van der Waals surface area contributed by atoms with Gasteiger partial charge >= 0.3 is 5.97 Å². The molecule has 0 atom stereocenters. The second-order valence-electron chi connectivity index (χ2n) is 10.2. The molecular formula is C33H50O4. The van der Waals surface area contributed by atoms with Crippen LogP contribution in [-0.2, 0) is 0 Å². The van der Waals surface area contributed by atoms with Crippen molar-refractivity contribution in [2.75, 3.05) is 13.2 Å². The van der Waals surface area contributed by atoms with Crippen molar-refractivity contribution in [3.63, 3.8) is 0 Å². The monoisotopic (exact) mass is 510 g/mol. The van der Waals surface area contributed by atoms with E-state index >= 15 is 0 Å². The van der Waals surface area contributed by atoms with E-state index in [-0.39, 0.29) is 5.56 Å². The Balaban J connectivity index is 1.78. The van der Waals surface area contributed by atoms with Crippen LogP contribution in [0.4, 0.5) is 0 Å². The lowest BCUT2D eigenvalue weighted by molar-refractivity contribution is 0.0697. The minimum atomic E-state index is -0.931. The molecule has 2 aromatic carbocycles. The van der Waals surface area contributed by atoms with Gasteiger partial charge in [-0.25, -0.2) is 4.79 Å². The third kappa shape index (κ3) is 13.0. The number of unbranched alkanes of at least 4 members (excludes halogenated alkanes) is 14. The molecule has 0 aromatic heterocycles. The van der Waals surface area contributed by atoms with Crippen molar-refractivity contribution >= 4 is 5.97 Å². The fraction of sp³-hybridized carbons (Fsp3) is 0.606. The minimum absolute atomic E-state index is 0.284. The fourth-order valence-corrected chi connectivity index (χ4v) is 4.62. The second-order valence-corrected chi connectivity index (χ2v) is 10.2. The van der Waals surface area contributed by atoms with Crippen molar-refractivity contribution in [1.82, 2.24) is 0 Å². The van der Waals surface area contributed by atoms with Crippen LogP contribution < -0.4 is 9.47 Å². The molecule has 4 nitrogen and oxygen atoms in total. The van der Waals surface area contributed by atoms with E-state index in [0.717, 1.165) is 36.5 Å². The summed E-state index contributed by atoms with van der Waals surface area (Å²) in [6.07, 6.45) is 20.3. The molecule has 0 amide bonds. The first kappa shape index (κ1) is 30.7. The molecule has 0 heterocycles. The number of carboxylic acids is 1. The van der Waals surface area contributed by atoms with Gasteiger partial charge in [-0.1, -0.05) is 116 Å². The van der Waals surface area contributed by atoms with Crippen LogP contribution in [-0.4, -0.2) is 24.3 Å². The Labute approximate surface area is 225 Å². The summed E-state index contributed by atoms with van der Waals surface area (Å²) in [5, 5.41) is 9.70. The highest BCUT2D eigenvalue weighted by Crippen LogP contribution is 2.30. The predicted molar refractivity (Wildman–Crippen MR) is 155 cm³/mol. The standard InChI is InChI=1S/C33H50O4/c1-3-5-7-9-11-13-15-17-25-36-29-21-19-28(20-22-29)32-27-30(23-24-31(32)33(34)35)37-26-18-16-14-12-10-8-6-4-2/h19-24,27H,3-18,25-26H2,1-2H3,(H,34,35). The molecular weight excluding hydrogens is 460 g/mol. The van der Waals surface area contributed by atoms with Gasteiger partial charge < -0.3 is 14.6 Å². The summed E-state index contributed by atoms with van der Waals surface area (Å²) in [7, 11) is 0. The molecule has 206 valence electrons. The van der Waals surface area contributed by atoms with Gasteiger partial charge in [0, 0.05) is 0 Å². The average molecular weight is 511 g/mol. The third-order valence-corrected chi connectivity index (χ3v) is 6.92. The summed E-state index contributed by atoms with van der Waals surface area (Å²) in [5.41, 5.74) is 1.82. The summed E-state index contributed by atoms with van der Waals surface area (Å²) in [4.78, 5) is 11.8. The fourth-order valence-electron chi connectivity index (χ4n) is 4.62. The van der Waals surface area contributed by atoms with Crippen LogP contribution in [0.3, 0.4) is 0 Å². The molecule has 2 rings (SSSR count). The Morgan fingerprint density at radius 1 is 0.595 bits per heavy atom. The highest BCUT2D eigenvalue weighted by molar-refractivity contribution is 5.96. The maximum absolute atomic E-state index is 11.8. The van der Waals surface area contributed by atoms with Crippen molar-refractivity contribution in [3.05, 3.63) is 48.0 Å². The van der Waals surface area contributed by atoms with Crippen LogP contribution in [0.5, 0.6) is 11.5 Å². The van der Waals surface area contributed by atoms with Crippen LogP contribution in [0.2, 0.25) is 0 Å². The molecule has 0 spiro atoms. The second kappa shape index (κ2) is 19.6. The van der Waals surface area contributed by atoms with E-state index in [1.54, 1.807) is 12.1 Å². The van der Waals surface area contributed by atoms with Gasteiger partial charge in [0.15, 0.2) is 0 Å². The maximum Gasteiger partial charge on any atom is 0.336 e. The van der Waals surface area contributed by atoms with E-state index in [4.69, 9.17) is 9.47 Å². The van der Waals surface area contributed by atoms with Crippen molar-refractivity contribution in [2.45, 2.75) is 117 Å². The zero-order valence-corrected chi connectivity index (χ0v) is 23.4. The van der Waals surface area contributed by atoms with Crippen molar-refractivity contribution in [1.29, 1.82) is 0 Å². The summed E-state index contributed by atoms with van der Waals surface area (Å²) >= 11 is 0. The maximum atomic E-state index is 11.8. The molecule has 0 unspecified atom stereocenters. The van der Waals surface area contributed by atoms with Crippen LogP contribution in [0, 0.1) is 0 Å². The van der Waals surface area contributed by atoms with Crippen molar-refractivity contribution < 1.29 is 19.4 Å². The predicted octanol–water partition coefficient (Wildman–Crippen LogP) is 10.1. The molecule has 0 fully saturated rings. The number of aromatic carboxylic acids is 1. The minimum Gasteiger partial charge on any atom is -0.494 e. The lowest BCUT2D eigenvalue weighted by atomic mass is 9.99. The van der Waals surface area contributed by atoms with Crippen LogP contribution in [0.1, 0.15) is 127 Å². The number of rotatable bonds is 22. The lowest BCUT2D eigenvalue weighted by Crippen LogP contribution is -2.02. The molecule has 0 saturated heterocycles. The van der Waals surface area contributed by atoms with E-state index in [1.807, 2.05) is 30.3 Å². The largest absolute Gasteiger partial charge is 0.494 e. The first-order chi connectivity index (χ1) is 18.2. The molecule has 0 aliphatic heterocycles. The molecule has 4 heteroatoms. The zero-order valence-electron chi connectivity index (χ0n) is 23.4. The van der Waals surface area contributed by atoms with E-state index < -0.39 is 5.97 Å². The van der Waals surface area contributed by atoms with Gasteiger partial charge in [-0.15, -0.1) is 0 Å². The molecule has 0 bridgehead atoms. The quantitative estimate of drug-likeness (QED) is 0.160. The van der Waals surface area contributed by atoms with E-state index in [2.05, 4.69) is 13.8 Å². The molecule has 2 aromatic rings. The Morgan fingerprint density at radius 2 is 1.03 bits per heavy atom. The number of carbonyl (C=O) groups is 1. The Kier molecular flexibility index (Phi) is 16.3. The van der Waals surface area contributed by atoms with Crippen LogP contribution in [0.25, 0.3) is 11.1 Å². The summed E-state index contributed by atoms with van der Waals surface area (Å²) in [6, 6.07) is 13.0. The van der Waals surface area contributed by atoms with Crippen molar-refractivity contribution in [2.24, 2.45) is 0 Å². The average Bonchev–Trinajstić information content (AvgIpc) is 2.91. The molecule has 37 heavy (non-hydrogen) atoms. The number of ether oxygens (including phenoxy) is 2. The molecule has 1 N–H and O–H groups in total. The topological polar surface area (TPSA) is 55.8 Å². The van der Waals surface area contributed by atoms with Crippen LogP contribution >= 0.6 is 0 Å². The Morgan fingerprint density at radius 3 is 1.51 bits per heavy atom. The molecule has 0 radical (unpaired) electrons. The summed E-state index contributed by atoms with van der Waals surface area (Å²) in [5.74, 6) is 0.614. The van der Waals surface area contributed by atoms with Crippen LogP contribution in [0.15, 0.2) is 42.5 Å². The first-order valence-electron chi connectivity index (χ1n) is 14.9. The van der Waals surface area contributed by atoms with Crippen molar-refractivity contribution in [3.8, 4) is 22.6 Å². The van der Waals surface area contributed by atoms with E-state index in [9.17, 15) is 9.90 Å². The third-order valence-electron chi connectivity index (χ3n) is 6.92. The Hall–Kier alpha value is -2.49.